The van der Waals surface area contributed by atoms with E-state index in [4.69, 9.17) is 0 Å². The van der Waals surface area contributed by atoms with Crippen molar-refractivity contribution in [3.05, 3.63) is 88.6 Å². The molecule has 0 saturated heterocycles. The molecule has 0 N–H and O–H groups in total. The van der Waals surface area contributed by atoms with Crippen molar-refractivity contribution in [2.24, 2.45) is 0 Å². The average molecular weight is 227 g/mol. The predicted molar refractivity (Wildman–Crippen MR) is 68.9 cm³/mol. The van der Waals surface area contributed by atoms with E-state index in [1.54, 1.807) is 12.1 Å². The zero-order chi connectivity index (χ0) is 12.3. The Bertz CT molecular complexity index is 425. The van der Waals surface area contributed by atoms with Gasteiger partial charge in [0.05, 0.1) is 4.92 Å². The van der Waals surface area contributed by atoms with Gasteiger partial charge in [0, 0.05) is 6.08 Å². The van der Waals surface area contributed by atoms with Gasteiger partial charge in [0.2, 0.25) is 6.20 Å². The Morgan fingerprint density at radius 2 is 1.24 bits per heavy atom. The van der Waals surface area contributed by atoms with Gasteiger partial charge in [-0.25, -0.2) is 0 Å². The van der Waals surface area contributed by atoms with E-state index >= 15 is 0 Å². The molecule has 0 bridgehead atoms. The molecule has 2 aromatic carbocycles. The van der Waals surface area contributed by atoms with Crippen LogP contribution in [0.15, 0.2) is 72.9 Å². The average Bonchev–Trinajstić information content (AvgIpc) is 2.40. The van der Waals surface area contributed by atoms with E-state index < -0.39 is 4.92 Å². The van der Waals surface area contributed by atoms with Gasteiger partial charge >= 0.3 is 0 Å². The Morgan fingerprint density at radius 3 is 1.65 bits per heavy atom. The molecule has 0 atom stereocenters. The summed E-state index contributed by atoms with van der Waals surface area (Å²) >= 11 is 0. The number of hydrogen-bond acceptors (Lipinski definition) is 2. The van der Waals surface area contributed by atoms with Crippen LogP contribution < -0.4 is 0 Å². The zero-order valence-electron chi connectivity index (χ0n) is 9.27. The van der Waals surface area contributed by atoms with Crippen LogP contribution in [0.2, 0.25) is 0 Å². The highest BCUT2D eigenvalue weighted by Gasteiger charge is 1.86. The van der Waals surface area contributed by atoms with Crippen LogP contribution in [0.25, 0.3) is 6.08 Å². The first-order chi connectivity index (χ1) is 8.29. The van der Waals surface area contributed by atoms with Gasteiger partial charge in [-0.15, -0.1) is 0 Å². The van der Waals surface area contributed by atoms with Crippen molar-refractivity contribution in [3.8, 4) is 0 Å². The van der Waals surface area contributed by atoms with Gasteiger partial charge in [-0.2, -0.15) is 0 Å². The molecule has 86 valence electrons. The van der Waals surface area contributed by atoms with Crippen LogP contribution in [0.1, 0.15) is 5.56 Å². The van der Waals surface area contributed by atoms with Crippen molar-refractivity contribution in [1.82, 2.24) is 0 Å². The molecule has 17 heavy (non-hydrogen) atoms. The van der Waals surface area contributed by atoms with Gasteiger partial charge in [-0.1, -0.05) is 66.7 Å². The molecule has 2 aromatic rings. The molecule has 2 rings (SSSR count). The lowest BCUT2D eigenvalue weighted by Gasteiger charge is -1.86. The number of nitrogens with zero attached hydrogens (tertiary/aromatic N) is 1. The largest absolute Gasteiger partial charge is 0.259 e. The third-order valence-electron chi connectivity index (χ3n) is 1.85. The Hall–Kier alpha value is -2.42. The third-order valence-corrected chi connectivity index (χ3v) is 1.85. The van der Waals surface area contributed by atoms with Crippen molar-refractivity contribution in [2.45, 2.75) is 0 Å². The molecule has 0 aliphatic heterocycles. The summed E-state index contributed by atoms with van der Waals surface area (Å²) in [5, 5.41) is 9.89. The standard InChI is InChI=1S/C8H7NO2.C6H6/c10-9(11)7-6-8-4-2-1-3-5-8;1-2-4-6-5-3-1/h1-7H;1-6H/b7-6+;. The Morgan fingerprint density at radius 1 is 0.824 bits per heavy atom. The number of rotatable bonds is 2. The maximum Gasteiger partial charge on any atom is 0.235 e. The van der Waals surface area contributed by atoms with Gasteiger partial charge in [-0.3, -0.25) is 10.1 Å². The maximum absolute atomic E-state index is 9.89. The lowest BCUT2D eigenvalue weighted by molar-refractivity contribution is -0.400. The molecule has 3 heteroatoms. The second kappa shape index (κ2) is 7.82. The summed E-state index contributed by atoms with van der Waals surface area (Å²) < 4.78 is 0. The minimum atomic E-state index is -0.479. The SMILES string of the molecule is O=[N+]([O-])/C=C/c1ccccc1.c1ccccc1. The van der Waals surface area contributed by atoms with E-state index in [-0.39, 0.29) is 0 Å². The summed E-state index contributed by atoms with van der Waals surface area (Å²) in [4.78, 5) is 9.41. The summed E-state index contributed by atoms with van der Waals surface area (Å²) in [6, 6.07) is 21.1. The van der Waals surface area contributed by atoms with E-state index in [1.165, 1.54) is 6.08 Å². The number of nitro groups is 1. The lowest BCUT2D eigenvalue weighted by Crippen LogP contribution is -1.81. The first-order valence-corrected chi connectivity index (χ1v) is 5.16. The first kappa shape index (κ1) is 12.6. The summed E-state index contributed by atoms with van der Waals surface area (Å²) in [6.07, 6.45) is 2.38. The highest BCUT2D eigenvalue weighted by molar-refractivity contribution is 5.47. The monoisotopic (exact) mass is 227 g/mol. The zero-order valence-corrected chi connectivity index (χ0v) is 9.27. The van der Waals surface area contributed by atoms with E-state index in [1.807, 2.05) is 54.6 Å². The van der Waals surface area contributed by atoms with E-state index in [0.717, 1.165) is 11.8 Å². The van der Waals surface area contributed by atoms with Crippen molar-refractivity contribution >= 4 is 6.08 Å². The molecule has 0 aliphatic carbocycles. The van der Waals surface area contributed by atoms with Crippen LogP contribution in [-0.2, 0) is 0 Å². The normalized spacial score (nSPS) is 9.41. The van der Waals surface area contributed by atoms with Gasteiger partial charge in [0.25, 0.3) is 0 Å². The first-order valence-electron chi connectivity index (χ1n) is 5.16. The third kappa shape index (κ3) is 6.62. The van der Waals surface area contributed by atoms with Crippen LogP contribution in [0.5, 0.6) is 0 Å². The van der Waals surface area contributed by atoms with Crippen LogP contribution in [0, 0.1) is 10.1 Å². The molecular formula is C14H13NO2. The molecule has 3 nitrogen and oxygen atoms in total. The lowest BCUT2D eigenvalue weighted by atomic mass is 10.2. The molecule has 0 spiro atoms. The second-order valence-electron chi connectivity index (χ2n) is 3.17. The van der Waals surface area contributed by atoms with Gasteiger partial charge in [0.15, 0.2) is 0 Å². The fourth-order valence-electron chi connectivity index (χ4n) is 1.10. The second-order valence-corrected chi connectivity index (χ2v) is 3.17. The van der Waals surface area contributed by atoms with Crippen LogP contribution >= 0.6 is 0 Å². The van der Waals surface area contributed by atoms with Gasteiger partial charge in [0.1, 0.15) is 0 Å². The minimum Gasteiger partial charge on any atom is -0.259 e. The molecule has 0 radical (unpaired) electrons. The smallest absolute Gasteiger partial charge is 0.235 e. The fourth-order valence-corrected chi connectivity index (χ4v) is 1.10. The van der Waals surface area contributed by atoms with Crippen molar-refractivity contribution in [2.75, 3.05) is 0 Å². The highest BCUT2D eigenvalue weighted by atomic mass is 16.6. The van der Waals surface area contributed by atoms with Crippen molar-refractivity contribution in [1.29, 1.82) is 0 Å². The molecule has 0 heterocycles. The fraction of sp³-hybridized carbons (Fsp3) is 0. The number of benzene rings is 2. The van der Waals surface area contributed by atoms with E-state index in [0.29, 0.717) is 0 Å². The Balaban J connectivity index is 0.000000202. The molecule has 0 saturated carbocycles. The van der Waals surface area contributed by atoms with Gasteiger partial charge < -0.3 is 0 Å². The molecule has 0 aliphatic rings. The van der Waals surface area contributed by atoms with Crippen LogP contribution in [0.4, 0.5) is 0 Å². The Labute approximate surface area is 100 Å². The maximum atomic E-state index is 9.89. The van der Waals surface area contributed by atoms with Crippen molar-refractivity contribution < 1.29 is 4.92 Å². The molecule has 0 fully saturated rings. The molecule has 0 amide bonds. The van der Waals surface area contributed by atoms with Crippen LogP contribution in [0.3, 0.4) is 0 Å². The summed E-state index contributed by atoms with van der Waals surface area (Å²) in [6.45, 7) is 0. The molecule has 0 unspecified atom stereocenters. The predicted octanol–water partition coefficient (Wildman–Crippen LogP) is 3.62. The minimum absolute atomic E-state index is 0.479. The topological polar surface area (TPSA) is 43.1 Å². The summed E-state index contributed by atoms with van der Waals surface area (Å²) in [5.74, 6) is 0. The summed E-state index contributed by atoms with van der Waals surface area (Å²) in [5.41, 5.74) is 0.837. The van der Waals surface area contributed by atoms with Crippen LogP contribution in [-0.4, -0.2) is 4.92 Å². The van der Waals surface area contributed by atoms with Crippen molar-refractivity contribution in [3.63, 3.8) is 0 Å². The molecule has 0 aromatic heterocycles. The van der Waals surface area contributed by atoms with E-state index in [9.17, 15) is 10.1 Å². The number of hydrogen-bond donors (Lipinski definition) is 0. The highest BCUT2D eigenvalue weighted by Crippen LogP contribution is 1.99. The molecular weight excluding hydrogens is 214 g/mol. The quantitative estimate of drug-likeness (QED) is 0.581. The summed E-state index contributed by atoms with van der Waals surface area (Å²) in [7, 11) is 0. The van der Waals surface area contributed by atoms with E-state index in [2.05, 4.69) is 0 Å². The Kier molecular flexibility index (Phi) is 5.82. The van der Waals surface area contributed by atoms with Gasteiger partial charge in [-0.05, 0) is 5.56 Å².